The summed E-state index contributed by atoms with van der Waals surface area (Å²) < 4.78 is 6.86. The van der Waals surface area contributed by atoms with E-state index in [1.165, 1.54) is 16.8 Å². The van der Waals surface area contributed by atoms with Crippen molar-refractivity contribution in [1.29, 1.82) is 0 Å². The van der Waals surface area contributed by atoms with Gasteiger partial charge in [-0.3, -0.25) is 14.3 Å². The molecule has 1 aromatic heterocycles. The number of nitrogens with zero attached hydrogens (tertiary/aromatic N) is 1. The molecule has 88 valence electrons. The summed E-state index contributed by atoms with van der Waals surface area (Å²) in [5, 5.41) is 9.36. The first-order chi connectivity index (χ1) is 7.58. The average Bonchev–Trinajstić information content (AvgIpc) is 2.66. The molecule has 2 rings (SSSR count). The van der Waals surface area contributed by atoms with Gasteiger partial charge in [0.05, 0.1) is 12.2 Å². The number of aliphatic hydroxyl groups excluding tert-OH is 1. The summed E-state index contributed by atoms with van der Waals surface area (Å²) in [5.41, 5.74) is -0.907. The Morgan fingerprint density at radius 3 is 2.88 bits per heavy atom. The lowest BCUT2D eigenvalue weighted by Crippen LogP contribution is -2.32. The minimum absolute atomic E-state index is 0.246. The van der Waals surface area contributed by atoms with Crippen molar-refractivity contribution in [3.8, 4) is 0 Å². The quantitative estimate of drug-likeness (QED) is 0.718. The van der Waals surface area contributed by atoms with E-state index >= 15 is 0 Å². The number of rotatable bonds is 2. The molecule has 16 heavy (non-hydrogen) atoms. The number of ether oxygens (including phenoxy) is 1. The second-order valence-corrected chi connectivity index (χ2v) is 3.96. The Labute approximate surface area is 91.5 Å². The molecule has 2 N–H and O–H groups in total. The second kappa shape index (κ2) is 4.23. The van der Waals surface area contributed by atoms with Gasteiger partial charge in [-0.05, 0) is 19.8 Å². The number of aromatic nitrogens is 2. The zero-order valence-corrected chi connectivity index (χ0v) is 8.92. The minimum atomic E-state index is -0.552. The maximum absolute atomic E-state index is 11.5. The zero-order valence-electron chi connectivity index (χ0n) is 8.92. The van der Waals surface area contributed by atoms with Crippen molar-refractivity contribution >= 4 is 0 Å². The lowest BCUT2D eigenvalue weighted by atomic mass is 10.1. The van der Waals surface area contributed by atoms with Crippen LogP contribution in [0.5, 0.6) is 0 Å². The molecule has 3 atom stereocenters. The summed E-state index contributed by atoms with van der Waals surface area (Å²) in [5.74, 6) is 0. The Morgan fingerprint density at radius 2 is 2.31 bits per heavy atom. The lowest BCUT2D eigenvalue weighted by molar-refractivity contribution is -0.0545. The molecule has 0 aliphatic carbocycles. The van der Waals surface area contributed by atoms with Crippen LogP contribution in [0.25, 0.3) is 0 Å². The van der Waals surface area contributed by atoms with E-state index in [1.807, 2.05) is 0 Å². The van der Waals surface area contributed by atoms with Gasteiger partial charge in [0.2, 0.25) is 0 Å². The van der Waals surface area contributed by atoms with E-state index in [-0.39, 0.29) is 6.10 Å². The van der Waals surface area contributed by atoms with E-state index < -0.39 is 23.6 Å². The van der Waals surface area contributed by atoms with Crippen LogP contribution < -0.4 is 11.2 Å². The van der Waals surface area contributed by atoms with Gasteiger partial charge in [0.1, 0.15) is 6.23 Å². The number of aromatic amines is 1. The Balaban J connectivity index is 2.21. The standard InChI is InChI=1S/C10H14N2O4/c1-6(13)7-2-3-9(16-7)12-5-4-8(14)11-10(12)15/h4-7,9,13H,2-3H2,1H3,(H,11,14,15). The molecule has 3 unspecified atom stereocenters. The van der Waals surface area contributed by atoms with E-state index in [9.17, 15) is 14.7 Å². The van der Waals surface area contributed by atoms with Gasteiger partial charge in [-0.15, -0.1) is 0 Å². The van der Waals surface area contributed by atoms with Crippen molar-refractivity contribution < 1.29 is 9.84 Å². The van der Waals surface area contributed by atoms with Crippen LogP contribution in [0, 0.1) is 0 Å². The van der Waals surface area contributed by atoms with Crippen LogP contribution in [0.2, 0.25) is 0 Å². The fourth-order valence-corrected chi connectivity index (χ4v) is 1.86. The van der Waals surface area contributed by atoms with Gasteiger partial charge in [-0.25, -0.2) is 4.79 Å². The van der Waals surface area contributed by atoms with Crippen molar-refractivity contribution in [2.75, 3.05) is 0 Å². The molecule has 1 aromatic rings. The van der Waals surface area contributed by atoms with Gasteiger partial charge in [0, 0.05) is 12.3 Å². The molecular formula is C10H14N2O4. The fourth-order valence-electron chi connectivity index (χ4n) is 1.86. The van der Waals surface area contributed by atoms with Crippen molar-refractivity contribution in [2.45, 2.75) is 38.2 Å². The summed E-state index contributed by atoms with van der Waals surface area (Å²) in [6.07, 6.45) is 1.57. The molecule has 1 aliphatic heterocycles. The molecule has 0 saturated carbocycles. The predicted octanol–water partition coefficient (Wildman–Crippen LogP) is -0.405. The molecule has 0 amide bonds. The van der Waals surface area contributed by atoms with Crippen LogP contribution in [-0.2, 0) is 4.74 Å². The number of nitrogens with one attached hydrogen (secondary N) is 1. The maximum atomic E-state index is 11.5. The van der Waals surface area contributed by atoms with Crippen molar-refractivity contribution in [3.05, 3.63) is 33.1 Å². The van der Waals surface area contributed by atoms with Gasteiger partial charge < -0.3 is 9.84 Å². The molecule has 1 saturated heterocycles. The van der Waals surface area contributed by atoms with Gasteiger partial charge in [0.25, 0.3) is 5.56 Å². The van der Waals surface area contributed by atoms with Crippen LogP contribution in [-0.4, -0.2) is 26.9 Å². The van der Waals surface area contributed by atoms with Crippen LogP contribution in [0.4, 0.5) is 0 Å². The van der Waals surface area contributed by atoms with E-state index in [4.69, 9.17) is 4.74 Å². The van der Waals surface area contributed by atoms with Gasteiger partial charge >= 0.3 is 5.69 Å². The number of hydrogen-bond donors (Lipinski definition) is 2. The third-order valence-corrected chi connectivity index (χ3v) is 2.73. The van der Waals surface area contributed by atoms with Crippen molar-refractivity contribution in [2.24, 2.45) is 0 Å². The molecule has 0 spiro atoms. The number of H-pyrrole nitrogens is 1. The molecule has 2 heterocycles. The Morgan fingerprint density at radius 1 is 1.56 bits per heavy atom. The summed E-state index contributed by atoms with van der Waals surface area (Å²) in [6.45, 7) is 1.66. The molecule has 6 nitrogen and oxygen atoms in total. The maximum Gasteiger partial charge on any atom is 0.330 e. The van der Waals surface area contributed by atoms with E-state index in [2.05, 4.69) is 4.98 Å². The third kappa shape index (κ3) is 2.07. The zero-order chi connectivity index (χ0) is 11.7. The second-order valence-electron chi connectivity index (χ2n) is 3.96. The molecule has 6 heteroatoms. The third-order valence-electron chi connectivity index (χ3n) is 2.73. The first-order valence-corrected chi connectivity index (χ1v) is 5.23. The van der Waals surface area contributed by atoms with Crippen LogP contribution in [0.1, 0.15) is 26.0 Å². The van der Waals surface area contributed by atoms with E-state index in [0.717, 1.165) is 0 Å². The summed E-state index contributed by atoms with van der Waals surface area (Å²) in [4.78, 5) is 24.5. The van der Waals surface area contributed by atoms with Crippen molar-refractivity contribution in [3.63, 3.8) is 0 Å². The van der Waals surface area contributed by atoms with Crippen LogP contribution in [0.15, 0.2) is 21.9 Å². The highest BCUT2D eigenvalue weighted by molar-refractivity contribution is 4.86. The van der Waals surface area contributed by atoms with Crippen molar-refractivity contribution in [1.82, 2.24) is 9.55 Å². The van der Waals surface area contributed by atoms with E-state index in [0.29, 0.717) is 12.8 Å². The largest absolute Gasteiger partial charge is 0.391 e. The highest BCUT2D eigenvalue weighted by Crippen LogP contribution is 2.28. The van der Waals surface area contributed by atoms with Gasteiger partial charge in [-0.1, -0.05) is 0 Å². The minimum Gasteiger partial charge on any atom is -0.391 e. The van der Waals surface area contributed by atoms with Crippen LogP contribution in [0.3, 0.4) is 0 Å². The predicted molar refractivity (Wildman–Crippen MR) is 56.1 cm³/mol. The first kappa shape index (κ1) is 11.1. The average molecular weight is 226 g/mol. The number of hydrogen-bond acceptors (Lipinski definition) is 4. The Bertz CT molecular complexity index is 476. The van der Waals surface area contributed by atoms with Crippen LogP contribution >= 0.6 is 0 Å². The molecule has 0 radical (unpaired) electrons. The van der Waals surface area contributed by atoms with Gasteiger partial charge in [-0.2, -0.15) is 0 Å². The monoisotopic (exact) mass is 226 g/mol. The smallest absolute Gasteiger partial charge is 0.330 e. The van der Waals surface area contributed by atoms with Gasteiger partial charge in [0.15, 0.2) is 0 Å². The molecule has 1 aliphatic rings. The molecule has 0 bridgehead atoms. The summed E-state index contributed by atoms with van der Waals surface area (Å²) >= 11 is 0. The Hall–Kier alpha value is -1.40. The first-order valence-electron chi connectivity index (χ1n) is 5.23. The fraction of sp³-hybridized carbons (Fsp3) is 0.600. The molecular weight excluding hydrogens is 212 g/mol. The normalized spacial score (nSPS) is 26.9. The highest BCUT2D eigenvalue weighted by atomic mass is 16.5. The topological polar surface area (TPSA) is 84.3 Å². The Kier molecular flexibility index (Phi) is 2.93. The highest BCUT2D eigenvalue weighted by Gasteiger charge is 2.29. The summed E-state index contributed by atoms with van der Waals surface area (Å²) in [7, 11) is 0. The molecule has 1 fully saturated rings. The molecule has 0 aromatic carbocycles. The summed E-state index contributed by atoms with van der Waals surface area (Å²) in [6, 6.07) is 1.28. The lowest BCUT2D eigenvalue weighted by Gasteiger charge is -2.16. The number of aliphatic hydroxyl groups is 1. The SMILES string of the molecule is CC(O)C1CCC(n2ccc(=O)[nH]c2=O)O1. The van der Waals surface area contributed by atoms with E-state index in [1.54, 1.807) is 6.92 Å².